The molecule has 21 heavy (non-hydrogen) atoms. The minimum Gasteiger partial charge on any atom is -0.368 e. The van der Waals surface area contributed by atoms with Crippen molar-refractivity contribution in [2.45, 2.75) is 58.8 Å². The van der Waals surface area contributed by atoms with Crippen LogP contribution in [0.4, 0.5) is 5.82 Å². The Morgan fingerprint density at radius 3 is 2.71 bits per heavy atom. The molecule has 4 nitrogen and oxygen atoms in total. The maximum absolute atomic E-state index is 4.68. The van der Waals surface area contributed by atoms with Gasteiger partial charge in [0.25, 0.3) is 0 Å². The second-order valence-corrected chi connectivity index (χ2v) is 7.49. The third-order valence-corrected chi connectivity index (χ3v) is 4.53. The third-order valence-electron chi connectivity index (χ3n) is 4.53. The molecule has 0 bridgehead atoms. The fourth-order valence-electron chi connectivity index (χ4n) is 2.92. The van der Waals surface area contributed by atoms with Crippen LogP contribution < -0.4 is 5.32 Å². The first-order chi connectivity index (χ1) is 9.93. The molecule has 0 saturated heterocycles. The zero-order valence-corrected chi connectivity index (χ0v) is 13.6. The fourth-order valence-corrected chi connectivity index (χ4v) is 2.92. The van der Waals surface area contributed by atoms with E-state index in [0.717, 1.165) is 23.6 Å². The van der Waals surface area contributed by atoms with E-state index in [-0.39, 0.29) is 5.41 Å². The monoisotopic (exact) mass is 286 g/mol. The number of nitrogens with one attached hydrogen (secondary N) is 1. The van der Waals surface area contributed by atoms with Crippen LogP contribution in [0.5, 0.6) is 0 Å². The van der Waals surface area contributed by atoms with Gasteiger partial charge in [0.1, 0.15) is 5.52 Å². The van der Waals surface area contributed by atoms with Crippen LogP contribution >= 0.6 is 0 Å². The van der Waals surface area contributed by atoms with E-state index >= 15 is 0 Å². The average molecular weight is 286 g/mol. The van der Waals surface area contributed by atoms with Gasteiger partial charge in [-0.3, -0.25) is 0 Å². The molecule has 1 fully saturated rings. The Morgan fingerprint density at radius 1 is 1.33 bits per heavy atom. The summed E-state index contributed by atoms with van der Waals surface area (Å²) in [6, 6.07) is 2.16. The van der Waals surface area contributed by atoms with E-state index in [2.05, 4.69) is 49.2 Å². The molecule has 1 saturated carbocycles. The molecular weight excluding hydrogens is 260 g/mol. The summed E-state index contributed by atoms with van der Waals surface area (Å²) < 4.78 is 1.94. The van der Waals surface area contributed by atoms with Crippen LogP contribution in [0.15, 0.2) is 18.5 Å². The molecule has 0 spiro atoms. The van der Waals surface area contributed by atoms with Crippen molar-refractivity contribution in [1.82, 2.24) is 14.6 Å². The zero-order valence-electron chi connectivity index (χ0n) is 13.6. The van der Waals surface area contributed by atoms with E-state index in [4.69, 9.17) is 0 Å². The summed E-state index contributed by atoms with van der Waals surface area (Å²) in [6.07, 6.45) is 9.03. The highest BCUT2D eigenvalue weighted by atomic mass is 15.2. The molecule has 0 aromatic carbocycles. The zero-order chi connectivity index (χ0) is 15.1. The van der Waals surface area contributed by atoms with Gasteiger partial charge in [-0.2, -0.15) is 5.10 Å². The van der Waals surface area contributed by atoms with Crippen molar-refractivity contribution in [3.63, 3.8) is 0 Å². The highest BCUT2D eigenvalue weighted by Crippen LogP contribution is 2.49. The van der Waals surface area contributed by atoms with Gasteiger partial charge in [0.15, 0.2) is 5.82 Å². The number of hydrogen-bond acceptors (Lipinski definition) is 3. The summed E-state index contributed by atoms with van der Waals surface area (Å²) in [6.45, 7) is 9.87. The van der Waals surface area contributed by atoms with Crippen LogP contribution in [0, 0.1) is 5.41 Å². The minimum absolute atomic E-state index is 0.0587. The summed E-state index contributed by atoms with van der Waals surface area (Å²) in [5.41, 5.74) is 2.77. The second-order valence-electron chi connectivity index (χ2n) is 7.49. The van der Waals surface area contributed by atoms with E-state index < -0.39 is 0 Å². The van der Waals surface area contributed by atoms with Crippen molar-refractivity contribution in [3.05, 3.63) is 24.2 Å². The molecule has 1 aliphatic carbocycles. The van der Waals surface area contributed by atoms with Gasteiger partial charge in [-0.05, 0) is 30.7 Å². The average Bonchev–Trinajstić information content (AvgIpc) is 3.02. The summed E-state index contributed by atoms with van der Waals surface area (Å²) in [7, 11) is 0. The molecule has 2 heterocycles. The molecule has 0 aliphatic heterocycles. The maximum atomic E-state index is 4.68. The topological polar surface area (TPSA) is 42.2 Å². The Labute approximate surface area is 127 Å². The lowest BCUT2D eigenvalue weighted by molar-refractivity contribution is 0.485. The lowest BCUT2D eigenvalue weighted by Crippen LogP contribution is -2.16. The van der Waals surface area contributed by atoms with Crippen LogP contribution in [-0.4, -0.2) is 21.1 Å². The van der Waals surface area contributed by atoms with Crippen molar-refractivity contribution in [2.75, 3.05) is 11.9 Å². The van der Waals surface area contributed by atoms with E-state index in [1.165, 1.54) is 25.7 Å². The van der Waals surface area contributed by atoms with Crippen molar-refractivity contribution in [1.29, 1.82) is 0 Å². The normalized spacial score (nSPS) is 17.1. The van der Waals surface area contributed by atoms with E-state index in [1.54, 1.807) is 0 Å². The Morgan fingerprint density at radius 2 is 2.10 bits per heavy atom. The smallest absolute Gasteiger partial charge is 0.152 e. The third kappa shape index (κ3) is 2.89. The molecule has 4 heteroatoms. The highest BCUT2D eigenvalue weighted by molar-refractivity contribution is 5.68. The lowest BCUT2D eigenvalue weighted by Gasteiger charge is -2.15. The molecular formula is C17H26N4. The highest BCUT2D eigenvalue weighted by Gasteiger charge is 2.41. The van der Waals surface area contributed by atoms with Crippen LogP contribution in [0.3, 0.4) is 0 Å². The first kappa shape index (κ1) is 14.4. The van der Waals surface area contributed by atoms with Gasteiger partial charge in [-0.25, -0.2) is 9.50 Å². The molecule has 2 aromatic rings. The van der Waals surface area contributed by atoms with Crippen molar-refractivity contribution >= 4 is 11.3 Å². The predicted molar refractivity (Wildman–Crippen MR) is 86.8 cm³/mol. The van der Waals surface area contributed by atoms with Crippen molar-refractivity contribution < 1.29 is 0 Å². The fraction of sp³-hybridized carbons (Fsp3) is 0.647. The standard InChI is InChI=1S/C17H26N4/c1-5-6-17(7-8-17)12-19-15-13-11-14(16(2,3)4)20-21(13)10-9-18-15/h9-11H,5-8,12H2,1-4H3,(H,18,19). The Hall–Kier alpha value is -1.58. The second kappa shape index (κ2) is 5.00. The largest absolute Gasteiger partial charge is 0.368 e. The SMILES string of the molecule is CCCC1(CNc2nccn3nc(C(C)(C)C)cc23)CC1. The van der Waals surface area contributed by atoms with Gasteiger partial charge in [0.05, 0.1) is 5.69 Å². The number of anilines is 1. The molecule has 2 aromatic heterocycles. The summed E-state index contributed by atoms with van der Waals surface area (Å²) >= 11 is 0. The Balaban J connectivity index is 1.84. The molecule has 0 atom stereocenters. The maximum Gasteiger partial charge on any atom is 0.152 e. The number of fused-ring (bicyclic) bond motifs is 1. The van der Waals surface area contributed by atoms with Crippen molar-refractivity contribution in [2.24, 2.45) is 5.41 Å². The van der Waals surface area contributed by atoms with Crippen molar-refractivity contribution in [3.8, 4) is 0 Å². The van der Waals surface area contributed by atoms with E-state index in [0.29, 0.717) is 5.41 Å². The molecule has 0 unspecified atom stereocenters. The summed E-state index contributed by atoms with van der Waals surface area (Å²) in [5, 5.41) is 8.25. The van der Waals surface area contributed by atoms with Gasteiger partial charge in [0.2, 0.25) is 0 Å². The van der Waals surface area contributed by atoms with Crippen LogP contribution in [0.2, 0.25) is 0 Å². The number of nitrogens with zero attached hydrogens (tertiary/aromatic N) is 3. The van der Waals surface area contributed by atoms with Crippen LogP contribution in [-0.2, 0) is 5.41 Å². The molecule has 0 radical (unpaired) electrons. The van der Waals surface area contributed by atoms with E-state index in [1.807, 2.05) is 16.9 Å². The summed E-state index contributed by atoms with van der Waals surface area (Å²) in [5.74, 6) is 0.961. The minimum atomic E-state index is 0.0587. The van der Waals surface area contributed by atoms with Crippen LogP contribution in [0.1, 0.15) is 59.1 Å². The number of aromatic nitrogens is 3. The Bertz CT molecular complexity index is 632. The molecule has 1 N–H and O–H groups in total. The first-order valence-corrected chi connectivity index (χ1v) is 8.02. The lowest BCUT2D eigenvalue weighted by atomic mass is 9.92. The number of hydrogen-bond donors (Lipinski definition) is 1. The van der Waals surface area contributed by atoms with Crippen LogP contribution in [0.25, 0.3) is 5.52 Å². The van der Waals surface area contributed by atoms with Gasteiger partial charge in [-0.15, -0.1) is 0 Å². The van der Waals surface area contributed by atoms with Gasteiger partial charge < -0.3 is 5.32 Å². The quantitative estimate of drug-likeness (QED) is 0.902. The Kier molecular flexibility index (Phi) is 3.42. The predicted octanol–water partition coefficient (Wildman–Crippen LogP) is 4.02. The van der Waals surface area contributed by atoms with E-state index in [9.17, 15) is 0 Å². The van der Waals surface area contributed by atoms with Gasteiger partial charge >= 0.3 is 0 Å². The molecule has 114 valence electrons. The molecule has 1 aliphatic rings. The summed E-state index contributed by atoms with van der Waals surface area (Å²) in [4.78, 5) is 4.52. The number of rotatable bonds is 5. The first-order valence-electron chi connectivity index (χ1n) is 8.02. The molecule has 0 amide bonds. The van der Waals surface area contributed by atoms with Gasteiger partial charge in [-0.1, -0.05) is 34.1 Å². The van der Waals surface area contributed by atoms with Gasteiger partial charge in [0, 0.05) is 24.4 Å². The molecule has 3 rings (SSSR count).